The summed E-state index contributed by atoms with van der Waals surface area (Å²) in [7, 11) is -3.46. The smallest absolute Gasteiger partial charge is 0.243 e. The number of anilines is 1. The molecule has 1 aliphatic carbocycles. The van der Waals surface area contributed by atoms with Crippen LogP contribution < -0.4 is 5.73 Å². The van der Waals surface area contributed by atoms with Crippen LogP contribution in [0.4, 0.5) is 5.69 Å². The number of nitrogens with two attached hydrogens (primary N) is 1. The summed E-state index contributed by atoms with van der Waals surface area (Å²) in [5.41, 5.74) is 6.99. The minimum absolute atomic E-state index is 0.0357. The van der Waals surface area contributed by atoms with Gasteiger partial charge >= 0.3 is 0 Å². The Morgan fingerprint density at radius 2 is 2.00 bits per heavy atom. The van der Waals surface area contributed by atoms with Crippen LogP contribution in [0.1, 0.15) is 32.3 Å². The number of nitrogens with zero attached hydrogens (tertiary/aromatic N) is 1. The van der Waals surface area contributed by atoms with Gasteiger partial charge in [0.15, 0.2) is 0 Å². The molecule has 19 heavy (non-hydrogen) atoms. The maximum absolute atomic E-state index is 12.8. The third-order valence-electron chi connectivity index (χ3n) is 3.62. The zero-order chi connectivity index (χ0) is 14.2. The van der Waals surface area contributed by atoms with Crippen LogP contribution in [0.5, 0.6) is 0 Å². The second-order valence-corrected chi connectivity index (χ2v) is 7.44. The molecule has 1 fully saturated rings. The molecule has 0 bridgehead atoms. The Balaban J connectivity index is 2.40. The Morgan fingerprint density at radius 3 is 2.53 bits per heavy atom. The predicted octanol–water partition coefficient (Wildman–Crippen LogP) is 2.39. The highest BCUT2D eigenvalue weighted by Gasteiger charge is 2.34. The molecule has 0 saturated heterocycles. The van der Waals surface area contributed by atoms with Crippen LogP contribution in [0.2, 0.25) is 0 Å². The largest absolute Gasteiger partial charge is 0.398 e. The molecule has 0 aromatic heterocycles. The molecule has 0 unspecified atom stereocenters. The third kappa shape index (κ3) is 2.92. The molecule has 1 saturated carbocycles. The standard InChI is InChI=1S/C14H22N2O2S/c1-10(2)16(9-12-7-8-12)19(17,18)14-6-4-5-13(15)11(14)3/h4-6,10,12H,7-9,15H2,1-3H3. The molecule has 2 rings (SSSR count). The summed E-state index contributed by atoms with van der Waals surface area (Å²) < 4.78 is 27.2. The van der Waals surface area contributed by atoms with E-state index in [2.05, 4.69) is 0 Å². The number of benzene rings is 1. The van der Waals surface area contributed by atoms with Crippen molar-refractivity contribution < 1.29 is 8.42 Å². The second kappa shape index (κ2) is 5.13. The van der Waals surface area contributed by atoms with E-state index >= 15 is 0 Å². The summed E-state index contributed by atoms with van der Waals surface area (Å²) in [6.45, 7) is 6.22. The Labute approximate surface area is 115 Å². The lowest BCUT2D eigenvalue weighted by Crippen LogP contribution is -2.38. The van der Waals surface area contributed by atoms with Crippen LogP contribution in [0.3, 0.4) is 0 Å². The van der Waals surface area contributed by atoms with Crippen molar-refractivity contribution in [1.29, 1.82) is 0 Å². The van der Waals surface area contributed by atoms with Gasteiger partial charge in [0.05, 0.1) is 4.90 Å². The van der Waals surface area contributed by atoms with E-state index in [1.807, 2.05) is 13.8 Å². The van der Waals surface area contributed by atoms with Gasteiger partial charge in [-0.15, -0.1) is 0 Å². The van der Waals surface area contributed by atoms with Crippen LogP contribution in [0, 0.1) is 12.8 Å². The van der Waals surface area contributed by atoms with E-state index in [4.69, 9.17) is 5.73 Å². The van der Waals surface area contributed by atoms with Gasteiger partial charge in [-0.3, -0.25) is 0 Å². The molecule has 106 valence electrons. The van der Waals surface area contributed by atoms with Gasteiger partial charge in [-0.1, -0.05) is 6.07 Å². The van der Waals surface area contributed by atoms with Gasteiger partial charge in [-0.2, -0.15) is 4.31 Å². The molecule has 1 aromatic rings. The van der Waals surface area contributed by atoms with E-state index in [1.54, 1.807) is 29.4 Å². The quantitative estimate of drug-likeness (QED) is 0.843. The van der Waals surface area contributed by atoms with E-state index in [-0.39, 0.29) is 6.04 Å². The second-order valence-electron chi connectivity index (χ2n) is 5.58. The monoisotopic (exact) mass is 282 g/mol. The van der Waals surface area contributed by atoms with E-state index in [0.29, 0.717) is 28.6 Å². The van der Waals surface area contributed by atoms with Crippen LogP contribution in [0.15, 0.2) is 23.1 Å². The average molecular weight is 282 g/mol. The molecular weight excluding hydrogens is 260 g/mol. The van der Waals surface area contributed by atoms with Crippen molar-refractivity contribution in [3.63, 3.8) is 0 Å². The minimum Gasteiger partial charge on any atom is -0.398 e. The number of hydrogen-bond donors (Lipinski definition) is 1. The van der Waals surface area contributed by atoms with E-state index in [9.17, 15) is 8.42 Å². The highest BCUT2D eigenvalue weighted by molar-refractivity contribution is 7.89. The number of sulfonamides is 1. The predicted molar refractivity (Wildman–Crippen MR) is 77.3 cm³/mol. The molecule has 4 nitrogen and oxygen atoms in total. The first kappa shape index (κ1) is 14.3. The summed E-state index contributed by atoms with van der Waals surface area (Å²) in [5, 5.41) is 0. The van der Waals surface area contributed by atoms with Crippen molar-refractivity contribution >= 4 is 15.7 Å². The van der Waals surface area contributed by atoms with Crippen molar-refractivity contribution in [3.8, 4) is 0 Å². The first-order chi connectivity index (χ1) is 8.84. The maximum Gasteiger partial charge on any atom is 0.243 e. The fourth-order valence-electron chi connectivity index (χ4n) is 2.18. The van der Waals surface area contributed by atoms with Crippen molar-refractivity contribution in [2.75, 3.05) is 12.3 Å². The van der Waals surface area contributed by atoms with Gasteiger partial charge in [0.25, 0.3) is 0 Å². The molecule has 5 heteroatoms. The highest BCUT2D eigenvalue weighted by Crippen LogP contribution is 2.33. The summed E-state index contributed by atoms with van der Waals surface area (Å²) >= 11 is 0. The fourth-order valence-corrected chi connectivity index (χ4v) is 4.15. The average Bonchev–Trinajstić information content (AvgIpc) is 3.12. The van der Waals surface area contributed by atoms with Crippen LogP contribution in [-0.4, -0.2) is 25.3 Å². The lowest BCUT2D eigenvalue weighted by atomic mass is 10.2. The molecule has 0 radical (unpaired) electrons. The van der Waals surface area contributed by atoms with E-state index in [1.165, 1.54) is 0 Å². The zero-order valence-electron chi connectivity index (χ0n) is 11.8. The summed E-state index contributed by atoms with van der Waals surface area (Å²) in [5.74, 6) is 0.526. The summed E-state index contributed by atoms with van der Waals surface area (Å²) in [4.78, 5) is 0.335. The fraction of sp³-hybridized carbons (Fsp3) is 0.571. The number of hydrogen-bond acceptors (Lipinski definition) is 3. The van der Waals surface area contributed by atoms with Crippen LogP contribution in [-0.2, 0) is 10.0 Å². The number of rotatable bonds is 5. The maximum atomic E-state index is 12.8. The SMILES string of the molecule is Cc1c(N)cccc1S(=O)(=O)N(CC1CC1)C(C)C. The van der Waals surface area contributed by atoms with Gasteiger partial charge in [0.2, 0.25) is 10.0 Å². The first-order valence-corrected chi connectivity index (χ1v) is 8.15. The Morgan fingerprint density at radius 1 is 1.37 bits per heavy atom. The first-order valence-electron chi connectivity index (χ1n) is 6.71. The zero-order valence-corrected chi connectivity index (χ0v) is 12.6. The Kier molecular flexibility index (Phi) is 3.87. The topological polar surface area (TPSA) is 63.4 Å². The lowest BCUT2D eigenvalue weighted by molar-refractivity contribution is 0.341. The number of nitrogen functional groups attached to an aromatic ring is 1. The van der Waals surface area contributed by atoms with Crippen molar-refractivity contribution in [1.82, 2.24) is 4.31 Å². The van der Waals surface area contributed by atoms with Crippen molar-refractivity contribution in [2.24, 2.45) is 5.92 Å². The van der Waals surface area contributed by atoms with Crippen LogP contribution >= 0.6 is 0 Å². The van der Waals surface area contributed by atoms with Crippen molar-refractivity contribution in [2.45, 2.75) is 44.6 Å². The highest BCUT2D eigenvalue weighted by atomic mass is 32.2. The molecule has 0 aliphatic heterocycles. The van der Waals surface area contributed by atoms with Crippen molar-refractivity contribution in [3.05, 3.63) is 23.8 Å². The minimum atomic E-state index is -3.46. The van der Waals surface area contributed by atoms with Crippen LogP contribution in [0.25, 0.3) is 0 Å². The molecule has 2 N–H and O–H groups in total. The molecular formula is C14H22N2O2S. The summed E-state index contributed by atoms with van der Waals surface area (Å²) in [6, 6.07) is 5.04. The normalized spacial score (nSPS) is 16.3. The molecule has 0 spiro atoms. The molecule has 0 heterocycles. The molecule has 0 amide bonds. The lowest BCUT2D eigenvalue weighted by Gasteiger charge is -2.26. The van der Waals surface area contributed by atoms with E-state index in [0.717, 1.165) is 12.8 Å². The Hall–Kier alpha value is -1.07. The van der Waals surface area contributed by atoms with Gasteiger partial charge in [0.1, 0.15) is 0 Å². The summed E-state index contributed by atoms with van der Waals surface area (Å²) in [6.07, 6.45) is 2.27. The Bertz CT molecular complexity index is 563. The molecule has 1 aromatic carbocycles. The van der Waals surface area contributed by atoms with Gasteiger partial charge in [0, 0.05) is 18.3 Å². The molecule has 0 atom stereocenters. The van der Waals surface area contributed by atoms with Gasteiger partial charge < -0.3 is 5.73 Å². The molecule has 1 aliphatic rings. The van der Waals surface area contributed by atoms with E-state index < -0.39 is 10.0 Å². The van der Waals surface area contributed by atoms with Gasteiger partial charge in [-0.05, 0) is 57.2 Å². The van der Waals surface area contributed by atoms with Gasteiger partial charge in [-0.25, -0.2) is 8.42 Å². The third-order valence-corrected chi connectivity index (χ3v) is 5.81.